The van der Waals surface area contributed by atoms with Crippen molar-refractivity contribution in [2.24, 2.45) is 11.8 Å². The van der Waals surface area contributed by atoms with Crippen LogP contribution in [0, 0.1) is 11.8 Å². The van der Waals surface area contributed by atoms with E-state index in [0.29, 0.717) is 18.6 Å². The van der Waals surface area contributed by atoms with Gasteiger partial charge in [0.25, 0.3) is 0 Å². The van der Waals surface area contributed by atoms with Crippen LogP contribution in [0.15, 0.2) is 11.6 Å². The number of allylic oxidation sites excluding steroid dienone is 2. The van der Waals surface area contributed by atoms with Crippen molar-refractivity contribution in [2.45, 2.75) is 86.0 Å². The molecule has 1 atom stereocenters. The van der Waals surface area contributed by atoms with Crippen LogP contribution in [0.4, 0.5) is 0 Å². The molecule has 0 aliphatic carbocycles. The van der Waals surface area contributed by atoms with E-state index in [4.69, 9.17) is 0 Å². The summed E-state index contributed by atoms with van der Waals surface area (Å²) in [7, 11) is 0. The molecule has 112 valence electrons. The largest absolute Gasteiger partial charge is 0.299 e. The predicted octanol–water partition coefficient (Wildman–Crippen LogP) is 5.93. The van der Waals surface area contributed by atoms with Gasteiger partial charge in [-0.1, -0.05) is 65.0 Å². The standard InChI is InChI=1S/C18H34O/c1-6-18(19)14-13-17(5)12-8-11-16(4)10-7-9-15(2)3/h13,15-16H,6-12,14H2,1-5H3. The number of hydrogen-bond acceptors (Lipinski definition) is 1. The van der Waals surface area contributed by atoms with Crippen LogP contribution in [-0.4, -0.2) is 5.78 Å². The van der Waals surface area contributed by atoms with Crippen molar-refractivity contribution in [3.8, 4) is 0 Å². The number of carbonyl (C=O) groups excluding carboxylic acids is 1. The lowest BCUT2D eigenvalue weighted by molar-refractivity contribution is -0.117. The van der Waals surface area contributed by atoms with Gasteiger partial charge in [0.2, 0.25) is 0 Å². The van der Waals surface area contributed by atoms with Crippen LogP contribution in [0.2, 0.25) is 0 Å². The topological polar surface area (TPSA) is 17.1 Å². The van der Waals surface area contributed by atoms with Crippen molar-refractivity contribution in [1.29, 1.82) is 0 Å². The van der Waals surface area contributed by atoms with Crippen molar-refractivity contribution >= 4 is 5.78 Å². The maximum Gasteiger partial charge on any atom is 0.136 e. The molecule has 0 aliphatic heterocycles. The summed E-state index contributed by atoms with van der Waals surface area (Å²) in [6.45, 7) is 11.1. The van der Waals surface area contributed by atoms with E-state index in [1.165, 1.54) is 37.7 Å². The molecule has 0 aliphatic rings. The average Bonchev–Trinajstić information content (AvgIpc) is 2.35. The molecule has 0 fully saturated rings. The summed E-state index contributed by atoms with van der Waals surface area (Å²) in [5, 5.41) is 0. The first kappa shape index (κ1) is 18.4. The summed E-state index contributed by atoms with van der Waals surface area (Å²) >= 11 is 0. The summed E-state index contributed by atoms with van der Waals surface area (Å²) in [6.07, 6.45) is 11.3. The molecule has 0 amide bonds. The van der Waals surface area contributed by atoms with E-state index >= 15 is 0 Å². The highest BCUT2D eigenvalue weighted by molar-refractivity contribution is 5.79. The Bertz CT molecular complexity index is 263. The van der Waals surface area contributed by atoms with Crippen LogP contribution >= 0.6 is 0 Å². The number of hydrogen-bond donors (Lipinski definition) is 0. The van der Waals surface area contributed by atoms with Gasteiger partial charge in [-0.2, -0.15) is 0 Å². The SMILES string of the molecule is CCC(=O)CC=C(C)CCCC(C)CCCC(C)C. The average molecular weight is 266 g/mol. The molecule has 0 aromatic carbocycles. The molecular formula is C18H34O. The fourth-order valence-electron chi connectivity index (χ4n) is 2.28. The minimum Gasteiger partial charge on any atom is -0.299 e. The van der Waals surface area contributed by atoms with Gasteiger partial charge < -0.3 is 0 Å². The van der Waals surface area contributed by atoms with Crippen molar-refractivity contribution in [3.63, 3.8) is 0 Å². The highest BCUT2D eigenvalue weighted by atomic mass is 16.1. The highest BCUT2D eigenvalue weighted by Crippen LogP contribution is 2.19. The van der Waals surface area contributed by atoms with E-state index in [2.05, 4.69) is 33.8 Å². The lowest BCUT2D eigenvalue weighted by Gasteiger charge is -2.12. The molecule has 0 bridgehead atoms. The monoisotopic (exact) mass is 266 g/mol. The minimum atomic E-state index is 0.349. The van der Waals surface area contributed by atoms with Gasteiger partial charge in [-0.05, 0) is 31.6 Å². The quantitative estimate of drug-likeness (QED) is 0.423. The van der Waals surface area contributed by atoms with Gasteiger partial charge in [0.1, 0.15) is 5.78 Å². The van der Waals surface area contributed by atoms with Gasteiger partial charge in [-0.3, -0.25) is 4.79 Å². The maximum absolute atomic E-state index is 11.2. The highest BCUT2D eigenvalue weighted by Gasteiger charge is 2.03. The second-order valence-electron chi connectivity index (χ2n) is 6.47. The Hall–Kier alpha value is -0.590. The van der Waals surface area contributed by atoms with Crippen LogP contribution in [-0.2, 0) is 4.79 Å². The molecule has 1 heteroatoms. The fourth-order valence-corrected chi connectivity index (χ4v) is 2.28. The summed E-state index contributed by atoms with van der Waals surface area (Å²) < 4.78 is 0. The Morgan fingerprint density at radius 2 is 1.68 bits per heavy atom. The maximum atomic E-state index is 11.2. The molecular weight excluding hydrogens is 232 g/mol. The van der Waals surface area contributed by atoms with Crippen LogP contribution in [0.25, 0.3) is 0 Å². The molecule has 0 saturated carbocycles. The van der Waals surface area contributed by atoms with Gasteiger partial charge >= 0.3 is 0 Å². The van der Waals surface area contributed by atoms with Crippen molar-refractivity contribution in [3.05, 3.63) is 11.6 Å². The van der Waals surface area contributed by atoms with Crippen LogP contribution in [0.3, 0.4) is 0 Å². The predicted molar refractivity (Wildman–Crippen MR) is 85.4 cm³/mol. The zero-order valence-corrected chi connectivity index (χ0v) is 13.8. The van der Waals surface area contributed by atoms with Gasteiger partial charge in [-0.15, -0.1) is 0 Å². The van der Waals surface area contributed by atoms with E-state index in [1.54, 1.807) is 0 Å². The van der Waals surface area contributed by atoms with Crippen molar-refractivity contribution in [1.82, 2.24) is 0 Å². The van der Waals surface area contributed by atoms with Crippen molar-refractivity contribution < 1.29 is 4.79 Å². The van der Waals surface area contributed by atoms with E-state index in [-0.39, 0.29) is 0 Å². The number of carbonyl (C=O) groups is 1. The first-order valence-corrected chi connectivity index (χ1v) is 8.13. The Labute approximate surface area is 120 Å². The Balaban J connectivity index is 3.63. The second kappa shape index (κ2) is 11.3. The van der Waals surface area contributed by atoms with Crippen molar-refractivity contribution in [2.75, 3.05) is 0 Å². The Morgan fingerprint density at radius 3 is 2.26 bits per heavy atom. The lowest BCUT2D eigenvalue weighted by atomic mass is 9.94. The molecule has 0 spiro atoms. The van der Waals surface area contributed by atoms with E-state index < -0.39 is 0 Å². The minimum absolute atomic E-state index is 0.349. The first-order valence-electron chi connectivity index (χ1n) is 8.13. The summed E-state index contributed by atoms with van der Waals surface area (Å²) in [6, 6.07) is 0. The smallest absolute Gasteiger partial charge is 0.136 e. The van der Waals surface area contributed by atoms with Gasteiger partial charge in [0.05, 0.1) is 0 Å². The zero-order chi connectivity index (χ0) is 14.7. The van der Waals surface area contributed by atoms with Gasteiger partial charge in [0, 0.05) is 12.8 Å². The Kier molecular flexibility index (Phi) is 10.9. The summed E-state index contributed by atoms with van der Waals surface area (Å²) in [4.78, 5) is 11.2. The molecule has 0 rings (SSSR count). The first-order chi connectivity index (χ1) is 8.95. The fraction of sp³-hybridized carbons (Fsp3) is 0.833. The zero-order valence-electron chi connectivity index (χ0n) is 13.8. The van der Waals surface area contributed by atoms with E-state index in [9.17, 15) is 4.79 Å². The molecule has 0 saturated heterocycles. The van der Waals surface area contributed by atoms with Crippen LogP contribution in [0.1, 0.15) is 86.0 Å². The number of rotatable bonds is 11. The lowest BCUT2D eigenvalue weighted by Crippen LogP contribution is -1.97. The van der Waals surface area contributed by atoms with Crippen LogP contribution < -0.4 is 0 Å². The molecule has 0 aromatic heterocycles. The molecule has 0 heterocycles. The third kappa shape index (κ3) is 12.2. The number of Topliss-reactive ketones (excluding diaryl/α,β-unsaturated/α-hetero) is 1. The second-order valence-corrected chi connectivity index (χ2v) is 6.47. The molecule has 0 N–H and O–H groups in total. The molecule has 0 radical (unpaired) electrons. The Morgan fingerprint density at radius 1 is 1.05 bits per heavy atom. The summed E-state index contributed by atoms with van der Waals surface area (Å²) in [5.74, 6) is 2.04. The number of ketones is 1. The molecule has 1 nitrogen and oxygen atoms in total. The van der Waals surface area contributed by atoms with Gasteiger partial charge in [0.15, 0.2) is 0 Å². The molecule has 0 aromatic rings. The van der Waals surface area contributed by atoms with Crippen LogP contribution in [0.5, 0.6) is 0 Å². The third-order valence-electron chi connectivity index (χ3n) is 3.82. The van der Waals surface area contributed by atoms with Gasteiger partial charge in [-0.25, -0.2) is 0 Å². The normalized spacial score (nSPS) is 13.9. The molecule has 1 unspecified atom stereocenters. The van der Waals surface area contributed by atoms with E-state index in [0.717, 1.165) is 18.3 Å². The third-order valence-corrected chi connectivity index (χ3v) is 3.82. The molecule has 19 heavy (non-hydrogen) atoms. The summed E-state index contributed by atoms with van der Waals surface area (Å²) in [5.41, 5.74) is 1.39. The van der Waals surface area contributed by atoms with E-state index in [1.807, 2.05) is 6.92 Å².